The molecule has 0 saturated heterocycles. The molecule has 2 rings (SSSR count). The van der Waals surface area contributed by atoms with Gasteiger partial charge in [-0.1, -0.05) is 0 Å². The van der Waals surface area contributed by atoms with E-state index >= 15 is 0 Å². The number of benzene rings is 1. The van der Waals surface area contributed by atoms with Crippen LogP contribution in [0.15, 0.2) is 18.2 Å². The van der Waals surface area contributed by atoms with Crippen LogP contribution in [0.2, 0.25) is 0 Å². The minimum absolute atomic E-state index is 0.211. The third-order valence-corrected chi connectivity index (χ3v) is 4.38. The average Bonchev–Trinajstić information content (AvgIpc) is 2.32. The molecular formula is C15H24FN3. The highest BCUT2D eigenvalue weighted by atomic mass is 19.1. The topological polar surface area (TPSA) is 32.5 Å². The van der Waals surface area contributed by atoms with Crippen molar-refractivity contribution in [1.29, 1.82) is 0 Å². The molecule has 0 radical (unpaired) electrons. The van der Waals surface area contributed by atoms with Crippen molar-refractivity contribution >= 4 is 5.69 Å². The number of halogens is 1. The molecule has 1 aliphatic rings. The van der Waals surface area contributed by atoms with Crippen molar-refractivity contribution in [3.8, 4) is 0 Å². The zero-order valence-electron chi connectivity index (χ0n) is 12.1. The molecule has 0 atom stereocenters. The number of anilines is 1. The van der Waals surface area contributed by atoms with E-state index in [0.29, 0.717) is 6.54 Å². The highest BCUT2D eigenvalue weighted by Crippen LogP contribution is 2.37. The van der Waals surface area contributed by atoms with Crippen molar-refractivity contribution in [2.24, 2.45) is 5.73 Å². The van der Waals surface area contributed by atoms with E-state index < -0.39 is 0 Å². The number of nitrogens with two attached hydrogens (primary N) is 1. The van der Waals surface area contributed by atoms with Crippen molar-refractivity contribution in [1.82, 2.24) is 4.90 Å². The molecule has 0 heterocycles. The van der Waals surface area contributed by atoms with Crippen molar-refractivity contribution < 1.29 is 4.39 Å². The maximum atomic E-state index is 13.6. The Labute approximate surface area is 115 Å². The van der Waals surface area contributed by atoms with Gasteiger partial charge in [0, 0.05) is 31.4 Å². The molecule has 0 aromatic heterocycles. The fraction of sp³-hybridized carbons (Fsp3) is 0.600. The van der Waals surface area contributed by atoms with Gasteiger partial charge in [0.05, 0.1) is 0 Å². The highest BCUT2D eigenvalue weighted by Gasteiger charge is 2.39. The van der Waals surface area contributed by atoms with E-state index in [1.165, 1.54) is 25.3 Å². The van der Waals surface area contributed by atoms with E-state index in [2.05, 4.69) is 23.9 Å². The average molecular weight is 265 g/mol. The van der Waals surface area contributed by atoms with Crippen LogP contribution in [0.5, 0.6) is 0 Å². The molecule has 1 aromatic carbocycles. The predicted octanol–water partition coefficient (Wildman–Crippen LogP) is 2.20. The second-order valence-corrected chi connectivity index (χ2v) is 5.85. The van der Waals surface area contributed by atoms with Crippen LogP contribution in [-0.2, 0) is 6.54 Å². The fourth-order valence-electron chi connectivity index (χ4n) is 2.84. The number of hydrogen-bond donors (Lipinski definition) is 1. The number of hydrogen-bond acceptors (Lipinski definition) is 3. The molecule has 0 amide bonds. The van der Waals surface area contributed by atoms with E-state index in [-0.39, 0.29) is 11.4 Å². The maximum absolute atomic E-state index is 13.6. The first-order valence-electron chi connectivity index (χ1n) is 6.85. The highest BCUT2D eigenvalue weighted by molar-refractivity contribution is 5.49. The Balaban J connectivity index is 2.15. The molecule has 1 aromatic rings. The minimum Gasteiger partial charge on any atom is -0.373 e. The van der Waals surface area contributed by atoms with Gasteiger partial charge in [-0.25, -0.2) is 4.39 Å². The standard InChI is InChI=1S/C15H24FN3/c1-18(2)15(5-4-6-15)11-19(3)14-8-12(10-17)7-13(16)9-14/h7-9H,4-6,10-11,17H2,1-3H3. The summed E-state index contributed by atoms with van der Waals surface area (Å²) >= 11 is 0. The number of likely N-dealkylation sites (N-methyl/N-ethyl adjacent to an activating group) is 2. The Hall–Kier alpha value is -1.13. The van der Waals surface area contributed by atoms with Crippen molar-refractivity contribution in [3.63, 3.8) is 0 Å². The molecular weight excluding hydrogens is 241 g/mol. The van der Waals surface area contributed by atoms with E-state index in [1.807, 2.05) is 13.1 Å². The summed E-state index contributed by atoms with van der Waals surface area (Å²) in [6.07, 6.45) is 3.70. The van der Waals surface area contributed by atoms with Gasteiger partial charge in [-0.2, -0.15) is 0 Å². The Morgan fingerprint density at radius 2 is 1.89 bits per heavy atom. The Morgan fingerprint density at radius 3 is 2.37 bits per heavy atom. The van der Waals surface area contributed by atoms with Gasteiger partial charge in [0.2, 0.25) is 0 Å². The second-order valence-electron chi connectivity index (χ2n) is 5.85. The van der Waals surface area contributed by atoms with Crippen LogP contribution in [0.4, 0.5) is 10.1 Å². The van der Waals surface area contributed by atoms with Crippen LogP contribution in [0.1, 0.15) is 24.8 Å². The van der Waals surface area contributed by atoms with Crippen LogP contribution in [-0.4, -0.2) is 38.1 Å². The lowest BCUT2D eigenvalue weighted by molar-refractivity contribution is 0.0683. The molecule has 1 fully saturated rings. The molecule has 0 unspecified atom stereocenters. The summed E-state index contributed by atoms with van der Waals surface area (Å²) in [7, 11) is 6.28. The lowest BCUT2D eigenvalue weighted by Crippen LogP contribution is -2.56. The quantitative estimate of drug-likeness (QED) is 0.886. The van der Waals surface area contributed by atoms with Gasteiger partial charge in [0.25, 0.3) is 0 Å². The molecule has 3 nitrogen and oxygen atoms in total. The summed E-state index contributed by atoms with van der Waals surface area (Å²) in [5, 5.41) is 0. The largest absolute Gasteiger partial charge is 0.373 e. The van der Waals surface area contributed by atoms with Gasteiger partial charge in [-0.15, -0.1) is 0 Å². The summed E-state index contributed by atoms with van der Waals surface area (Å²) < 4.78 is 13.6. The van der Waals surface area contributed by atoms with Crippen molar-refractivity contribution in [2.75, 3.05) is 32.6 Å². The first-order valence-corrected chi connectivity index (χ1v) is 6.85. The van der Waals surface area contributed by atoms with Gasteiger partial charge in [-0.05, 0) is 57.1 Å². The molecule has 2 N–H and O–H groups in total. The van der Waals surface area contributed by atoms with Crippen molar-refractivity contribution in [2.45, 2.75) is 31.3 Å². The molecule has 19 heavy (non-hydrogen) atoms. The van der Waals surface area contributed by atoms with Gasteiger partial charge in [-0.3, -0.25) is 0 Å². The van der Waals surface area contributed by atoms with Crippen molar-refractivity contribution in [3.05, 3.63) is 29.6 Å². The SMILES string of the molecule is CN(CC1(N(C)C)CCC1)c1cc(F)cc(CN)c1. The van der Waals surface area contributed by atoms with Crippen LogP contribution in [0, 0.1) is 5.82 Å². The predicted molar refractivity (Wildman–Crippen MR) is 77.8 cm³/mol. The molecule has 1 aliphatic carbocycles. The summed E-state index contributed by atoms with van der Waals surface area (Å²) in [5.74, 6) is -0.211. The van der Waals surface area contributed by atoms with Gasteiger partial charge in [0.15, 0.2) is 0 Å². The van der Waals surface area contributed by atoms with Gasteiger partial charge in [0.1, 0.15) is 5.82 Å². The summed E-state index contributed by atoms with van der Waals surface area (Å²) in [4.78, 5) is 4.44. The summed E-state index contributed by atoms with van der Waals surface area (Å²) in [5.41, 5.74) is 7.60. The Kier molecular flexibility index (Phi) is 4.11. The number of rotatable bonds is 5. The van der Waals surface area contributed by atoms with Gasteiger partial charge >= 0.3 is 0 Å². The normalized spacial score (nSPS) is 17.4. The van der Waals surface area contributed by atoms with Crippen LogP contribution < -0.4 is 10.6 Å². The monoisotopic (exact) mass is 265 g/mol. The third-order valence-electron chi connectivity index (χ3n) is 4.38. The zero-order valence-corrected chi connectivity index (χ0v) is 12.1. The molecule has 0 spiro atoms. The lowest BCUT2D eigenvalue weighted by Gasteiger charge is -2.49. The zero-order chi connectivity index (χ0) is 14.0. The fourth-order valence-corrected chi connectivity index (χ4v) is 2.84. The summed E-state index contributed by atoms with van der Waals surface area (Å²) in [6, 6.07) is 5.06. The van der Waals surface area contributed by atoms with E-state index in [1.54, 1.807) is 6.07 Å². The van der Waals surface area contributed by atoms with Crippen LogP contribution in [0.3, 0.4) is 0 Å². The smallest absolute Gasteiger partial charge is 0.125 e. The number of nitrogens with zero attached hydrogens (tertiary/aromatic N) is 2. The molecule has 0 bridgehead atoms. The Bertz CT molecular complexity index is 441. The minimum atomic E-state index is -0.211. The van der Waals surface area contributed by atoms with E-state index in [0.717, 1.165) is 17.8 Å². The van der Waals surface area contributed by atoms with Crippen LogP contribution in [0.25, 0.3) is 0 Å². The van der Waals surface area contributed by atoms with Gasteiger partial charge < -0.3 is 15.5 Å². The molecule has 1 saturated carbocycles. The first kappa shape index (κ1) is 14.3. The molecule has 4 heteroatoms. The third kappa shape index (κ3) is 2.90. The Morgan fingerprint density at radius 1 is 1.21 bits per heavy atom. The molecule has 0 aliphatic heterocycles. The van der Waals surface area contributed by atoms with E-state index in [4.69, 9.17) is 5.73 Å². The first-order chi connectivity index (χ1) is 8.97. The molecule has 106 valence electrons. The lowest BCUT2D eigenvalue weighted by atomic mass is 9.75. The maximum Gasteiger partial charge on any atom is 0.125 e. The summed E-state index contributed by atoms with van der Waals surface area (Å²) in [6.45, 7) is 1.30. The van der Waals surface area contributed by atoms with Crippen LogP contribution >= 0.6 is 0 Å². The second kappa shape index (κ2) is 5.47. The van der Waals surface area contributed by atoms with E-state index in [9.17, 15) is 4.39 Å².